The molecule has 2 aliphatic rings. The zero-order chi connectivity index (χ0) is 58.6. The summed E-state index contributed by atoms with van der Waals surface area (Å²) in [5, 5.41) is 54.4. The van der Waals surface area contributed by atoms with E-state index in [0.29, 0.717) is 57.4 Å². The maximum atomic E-state index is 13.8. The average Bonchev–Trinajstić information content (AvgIpc) is 4.26. The lowest BCUT2D eigenvalue weighted by molar-refractivity contribution is 0.154. The number of aliphatic hydroxyl groups is 2. The Hall–Kier alpha value is -9.36. The molecule has 2 aliphatic heterocycles. The van der Waals surface area contributed by atoms with Crippen LogP contribution >= 0.6 is 0 Å². The number of halogens is 2. The Bertz CT molecular complexity index is 3670. The van der Waals surface area contributed by atoms with Crippen LogP contribution in [-0.2, 0) is 20.0 Å². The molecule has 2 fully saturated rings. The van der Waals surface area contributed by atoms with E-state index in [4.69, 9.17) is 27.8 Å². The highest BCUT2D eigenvalue weighted by atomic mass is 32.2. The molecule has 4 atom stereocenters. The predicted molar refractivity (Wildman–Crippen MR) is 290 cm³/mol. The number of sulfonamides is 2. The van der Waals surface area contributed by atoms with Crippen LogP contribution in [0.2, 0.25) is 0 Å². The van der Waals surface area contributed by atoms with E-state index >= 15 is 0 Å². The summed E-state index contributed by atoms with van der Waals surface area (Å²) in [5.74, 6) is 1.97. The van der Waals surface area contributed by atoms with Crippen molar-refractivity contribution in [2.75, 3.05) is 73.9 Å². The SMILES string of the molecule is COc1cccc(OC)c1-n1c(NS(=O)(=O)[C@@H]2C[C@H](O)CN(c3ncc(F)cc3C#N)C2)nnc1-c1ccc(C)o1.COc1cccc(OC)c1-n1c(NS(=O)(=O)[C@H]2C[C@@H](O)CN(c3ncc(F)cc3C#N)C2)nnc1-c1ccc(C)o1. The van der Waals surface area contributed by atoms with E-state index in [2.05, 4.69) is 39.8 Å². The lowest BCUT2D eigenvalue weighted by Gasteiger charge is -2.36. The first kappa shape index (κ1) is 57.3. The average molecular weight is 1170 g/mol. The van der Waals surface area contributed by atoms with Crippen LogP contribution < -0.4 is 38.2 Å². The molecule has 0 saturated carbocycles. The number of ether oxygens (including phenoxy) is 4. The monoisotopic (exact) mass is 1170 g/mol. The number of β-amino-alcohol motifs (C(OH)–C–C–N with tert-alkyl or cyclic N) is 2. The number of nitriles is 2. The molecule has 0 spiro atoms. The summed E-state index contributed by atoms with van der Waals surface area (Å²) < 4.78 is 124. The number of para-hydroxylation sites is 2. The highest BCUT2D eigenvalue weighted by molar-refractivity contribution is 7.93. The van der Waals surface area contributed by atoms with Crippen LogP contribution in [0.3, 0.4) is 0 Å². The lowest BCUT2D eigenvalue weighted by Crippen LogP contribution is -2.50. The second kappa shape index (κ2) is 23.8. The van der Waals surface area contributed by atoms with Crippen molar-refractivity contribution >= 4 is 43.6 Å². The van der Waals surface area contributed by atoms with Crippen molar-refractivity contribution in [3.63, 3.8) is 0 Å². The number of piperidine rings is 2. The Morgan fingerprint density at radius 2 is 0.951 bits per heavy atom. The van der Waals surface area contributed by atoms with Crippen molar-refractivity contribution in [3.05, 3.63) is 119 Å². The van der Waals surface area contributed by atoms with Gasteiger partial charge < -0.3 is 47.8 Å². The first-order chi connectivity index (χ1) is 39.3. The Morgan fingerprint density at radius 1 is 0.585 bits per heavy atom. The number of aromatic nitrogens is 8. The first-order valence-corrected chi connectivity index (χ1v) is 27.9. The van der Waals surface area contributed by atoms with Gasteiger partial charge >= 0.3 is 0 Å². The van der Waals surface area contributed by atoms with E-state index in [9.17, 15) is 46.4 Å². The second-order valence-corrected chi connectivity index (χ2v) is 22.5. The van der Waals surface area contributed by atoms with Gasteiger partial charge in [-0.25, -0.2) is 35.6 Å². The molecule has 26 nitrogen and oxygen atoms in total. The molecule has 0 radical (unpaired) electrons. The number of nitrogens with one attached hydrogen (secondary N) is 2. The highest BCUT2D eigenvalue weighted by Crippen LogP contribution is 2.41. The molecule has 4 N–H and O–H groups in total. The third-order valence-corrected chi connectivity index (χ3v) is 16.5. The molecule has 428 valence electrons. The molecule has 0 bridgehead atoms. The summed E-state index contributed by atoms with van der Waals surface area (Å²) in [6, 6.07) is 22.7. The van der Waals surface area contributed by atoms with Gasteiger partial charge in [0.15, 0.2) is 11.5 Å². The number of furan rings is 2. The van der Waals surface area contributed by atoms with Crippen LogP contribution in [0.15, 0.2) is 94.0 Å². The van der Waals surface area contributed by atoms with Crippen molar-refractivity contribution in [2.45, 2.75) is 49.4 Å². The summed E-state index contributed by atoms with van der Waals surface area (Å²) in [7, 11) is -2.65. The Morgan fingerprint density at radius 3 is 1.27 bits per heavy atom. The van der Waals surface area contributed by atoms with E-state index in [-0.39, 0.29) is 85.3 Å². The molecule has 0 aliphatic carbocycles. The van der Waals surface area contributed by atoms with Crippen LogP contribution in [0.25, 0.3) is 34.5 Å². The smallest absolute Gasteiger partial charge is 0.243 e. The summed E-state index contributed by atoms with van der Waals surface area (Å²) >= 11 is 0. The van der Waals surface area contributed by atoms with E-state index in [1.165, 1.54) is 47.4 Å². The van der Waals surface area contributed by atoms with Gasteiger partial charge in [0.2, 0.25) is 43.6 Å². The number of methoxy groups -OCH3 is 4. The van der Waals surface area contributed by atoms with Crippen LogP contribution in [-0.4, -0.2) is 144 Å². The Kier molecular flexibility index (Phi) is 16.6. The minimum absolute atomic E-state index is 0.00984. The van der Waals surface area contributed by atoms with Gasteiger partial charge in [-0.15, -0.1) is 20.4 Å². The number of anilines is 4. The standard InChI is InChI=1S/2C26H26FN7O6S/c2*1-15-7-8-22(40-15)25-30-31-26(34(25)23-20(38-2)5-4-6-21(23)39-3)32-41(36,37)19-10-18(35)13-33(14-19)24-16(11-28)9-17(27)12-29-24/h2*4-9,12,18-19,35H,10,13-14H2,1-3H3,(H,31,32)/t2*18-,19+/m10/s1. The number of rotatable bonds is 16. The number of hydrogen-bond acceptors (Lipinski definition) is 22. The van der Waals surface area contributed by atoms with Gasteiger partial charge in [-0.05, 0) is 87.4 Å². The van der Waals surface area contributed by atoms with Crippen molar-refractivity contribution in [1.82, 2.24) is 39.5 Å². The summed E-state index contributed by atoms with van der Waals surface area (Å²) in [4.78, 5) is 10.8. The quantitative estimate of drug-likeness (QED) is 0.0956. The summed E-state index contributed by atoms with van der Waals surface area (Å²) in [6.07, 6.45) is -0.494. The Labute approximate surface area is 467 Å². The fourth-order valence-corrected chi connectivity index (χ4v) is 12.3. The van der Waals surface area contributed by atoms with Crippen molar-refractivity contribution in [2.24, 2.45) is 0 Å². The van der Waals surface area contributed by atoms with E-state index in [0.717, 1.165) is 24.5 Å². The molecule has 2 saturated heterocycles. The van der Waals surface area contributed by atoms with Crippen LogP contribution in [0.5, 0.6) is 23.0 Å². The van der Waals surface area contributed by atoms with Crippen molar-refractivity contribution in [1.29, 1.82) is 10.5 Å². The van der Waals surface area contributed by atoms with Gasteiger partial charge in [-0.1, -0.05) is 12.1 Å². The van der Waals surface area contributed by atoms with Gasteiger partial charge in [-0.2, -0.15) is 10.5 Å². The lowest BCUT2D eigenvalue weighted by atomic mass is 10.1. The molecule has 8 aromatic rings. The predicted octanol–water partition coefficient (Wildman–Crippen LogP) is 5.28. The van der Waals surface area contributed by atoms with E-state index < -0.39 is 54.4 Å². The zero-order valence-electron chi connectivity index (χ0n) is 44.6. The highest BCUT2D eigenvalue weighted by Gasteiger charge is 2.40. The molecule has 10 rings (SSSR count). The normalized spacial score (nSPS) is 17.2. The third-order valence-electron chi connectivity index (χ3n) is 13.1. The third kappa shape index (κ3) is 11.8. The molecule has 0 amide bonds. The largest absolute Gasteiger partial charge is 0.494 e. The molecular weight excluding hydrogens is 1110 g/mol. The molecule has 2 aromatic carbocycles. The minimum atomic E-state index is -4.24. The van der Waals surface area contributed by atoms with Crippen molar-refractivity contribution in [3.8, 4) is 69.7 Å². The number of aryl methyl sites for hydroxylation is 2. The molecule has 82 heavy (non-hydrogen) atoms. The van der Waals surface area contributed by atoms with Crippen LogP contribution in [0.1, 0.15) is 35.5 Å². The molecule has 30 heteroatoms. The fourth-order valence-electron chi connectivity index (χ4n) is 9.46. The fraction of sp³-hybridized carbons (Fsp3) is 0.308. The van der Waals surface area contributed by atoms with Gasteiger partial charge in [0.25, 0.3) is 0 Å². The molecule has 8 heterocycles. The van der Waals surface area contributed by atoms with Gasteiger partial charge in [0.05, 0.1) is 64.2 Å². The Balaban J connectivity index is 0.000000198. The summed E-state index contributed by atoms with van der Waals surface area (Å²) in [5.41, 5.74) is 0.488. The van der Waals surface area contributed by atoms with Crippen LogP contribution in [0, 0.1) is 48.1 Å². The zero-order valence-corrected chi connectivity index (χ0v) is 46.2. The first-order valence-electron chi connectivity index (χ1n) is 24.8. The number of pyridine rings is 2. The maximum Gasteiger partial charge on any atom is 0.243 e. The van der Waals surface area contributed by atoms with Gasteiger partial charge in [0.1, 0.15) is 91.8 Å². The second-order valence-electron chi connectivity index (χ2n) is 18.6. The topological polar surface area (TPSA) is 337 Å². The van der Waals surface area contributed by atoms with E-state index in [1.54, 1.807) is 74.5 Å². The van der Waals surface area contributed by atoms with Gasteiger partial charge in [-0.3, -0.25) is 18.6 Å². The number of nitrogens with zero attached hydrogens (tertiary/aromatic N) is 12. The maximum absolute atomic E-state index is 13.8. The molecule has 0 unspecified atom stereocenters. The summed E-state index contributed by atoms with van der Waals surface area (Å²) in [6.45, 7) is 3.27. The number of aliphatic hydroxyl groups excluding tert-OH is 2. The van der Waals surface area contributed by atoms with E-state index in [1.807, 2.05) is 12.1 Å². The molecular formula is C52H52F2N14O12S2. The minimum Gasteiger partial charge on any atom is -0.494 e. The van der Waals surface area contributed by atoms with Crippen LogP contribution in [0.4, 0.5) is 32.3 Å². The number of benzene rings is 2. The van der Waals surface area contributed by atoms with Crippen molar-refractivity contribution < 1.29 is 63.6 Å². The molecule has 6 aromatic heterocycles. The number of hydrogen-bond donors (Lipinski definition) is 4. The van der Waals surface area contributed by atoms with Gasteiger partial charge in [0, 0.05) is 26.2 Å².